The number of nitrogens with zero attached hydrogens (tertiary/aromatic N) is 5. The monoisotopic (exact) mass is 353 g/mol. The second-order valence-electron chi connectivity index (χ2n) is 6.84. The van der Waals surface area contributed by atoms with Crippen molar-refractivity contribution in [1.82, 2.24) is 24.1 Å². The molecule has 1 unspecified atom stereocenters. The van der Waals surface area contributed by atoms with Crippen LogP contribution in [0.5, 0.6) is 0 Å². The van der Waals surface area contributed by atoms with Gasteiger partial charge in [-0.1, -0.05) is 30.3 Å². The molecule has 0 spiro atoms. The molecule has 25 heavy (non-hydrogen) atoms. The van der Waals surface area contributed by atoms with Crippen LogP contribution in [0.1, 0.15) is 41.4 Å². The summed E-state index contributed by atoms with van der Waals surface area (Å²) in [5, 5.41) is 0. The number of aromatic nitrogens is 4. The van der Waals surface area contributed by atoms with Crippen molar-refractivity contribution >= 4 is 18.0 Å². The fourth-order valence-electron chi connectivity index (χ4n) is 3.79. The highest BCUT2D eigenvalue weighted by Crippen LogP contribution is 2.32. The van der Waals surface area contributed by atoms with E-state index >= 15 is 0 Å². The van der Waals surface area contributed by atoms with Crippen LogP contribution in [0.3, 0.4) is 0 Å². The average molecular weight is 353 g/mol. The molecule has 0 aliphatic carbocycles. The lowest BCUT2D eigenvalue weighted by Gasteiger charge is -2.25. The fraction of sp³-hybridized carbons (Fsp3) is 0.421. The van der Waals surface area contributed by atoms with E-state index in [-0.39, 0.29) is 0 Å². The molecule has 1 aliphatic heterocycles. The maximum atomic E-state index is 5.55. The molecule has 1 saturated heterocycles. The Morgan fingerprint density at radius 3 is 2.64 bits per heavy atom. The molecular formula is C19H23N5S. The Balaban J connectivity index is 1.75. The van der Waals surface area contributed by atoms with Crippen molar-refractivity contribution in [1.29, 1.82) is 0 Å². The Bertz CT molecular complexity index is 973. The zero-order valence-electron chi connectivity index (χ0n) is 14.9. The third-order valence-corrected chi connectivity index (χ3v) is 5.68. The van der Waals surface area contributed by atoms with Crippen molar-refractivity contribution in [2.75, 3.05) is 6.54 Å². The molecule has 5 nitrogen and oxygen atoms in total. The van der Waals surface area contributed by atoms with E-state index in [4.69, 9.17) is 12.2 Å². The minimum absolute atomic E-state index is 0.438. The molecule has 4 rings (SSSR count). The molecule has 3 heterocycles. The minimum atomic E-state index is 0.438. The van der Waals surface area contributed by atoms with Crippen molar-refractivity contribution in [3.05, 3.63) is 57.6 Å². The first-order valence-corrected chi connectivity index (χ1v) is 9.19. The van der Waals surface area contributed by atoms with Crippen LogP contribution < -0.4 is 0 Å². The Hall–Kier alpha value is -2.05. The molecule has 1 aliphatic rings. The van der Waals surface area contributed by atoms with Gasteiger partial charge in [0.15, 0.2) is 0 Å². The number of aryl methyl sites for hydroxylation is 2. The summed E-state index contributed by atoms with van der Waals surface area (Å²) >= 11 is 5.55. The largest absolute Gasteiger partial charge is 0.277 e. The number of hydrogen-bond donors (Lipinski definition) is 0. The Morgan fingerprint density at radius 2 is 1.88 bits per heavy atom. The summed E-state index contributed by atoms with van der Waals surface area (Å²) in [6.45, 7) is 8.06. The van der Waals surface area contributed by atoms with Crippen LogP contribution in [-0.4, -0.2) is 30.6 Å². The highest BCUT2D eigenvalue weighted by Gasteiger charge is 2.27. The zero-order chi connectivity index (χ0) is 17.6. The van der Waals surface area contributed by atoms with Gasteiger partial charge in [0.1, 0.15) is 0 Å². The van der Waals surface area contributed by atoms with Gasteiger partial charge in [0.25, 0.3) is 5.78 Å². The third kappa shape index (κ3) is 2.79. The topological polar surface area (TPSA) is 38.4 Å². The number of fused-ring (bicyclic) bond motifs is 1. The van der Waals surface area contributed by atoms with Gasteiger partial charge in [-0.05, 0) is 57.0 Å². The van der Waals surface area contributed by atoms with E-state index < -0.39 is 0 Å². The maximum Gasteiger partial charge on any atom is 0.252 e. The van der Waals surface area contributed by atoms with Gasteiger partial charge < -0.3 is 0 Å². The van der Waals surface area contributed by atoms with Crippen molar-refractivity contribution in [2.24, 2.45) is 0 Å². The van der Waals surface area contributed by atoms with Crippen LogP contribution in [0.4, 0.5) is 0 Å². The first-order chi connectivity index (χ1) is 12.1. The van der Waals surface area contributed by atoms with Crippen molar-refractivity contribution < 1.29 is 0 Å². The van der Waals surface area contributed by atoms with Gasteiger partial charge in [-0.2, -0.15) is 4.98 Å². The quantitative estimate of drug-likeness (QED) is 0.668. The van der Waals surface area contributed by atoms with Crippen LogP contribution >= 0.6 is 12.2 Å². The second kappa shape index (κ2) is 6.35. The van der Waals surface area contributed by atoms with E-state index in [1.54, 1.807) is 0 Å². The SMILES string of the molecule is Cc1nc2nc(=S)n(CN3CCCC3c3ccccc3)n2c(C)c1C. The van der Waals surface area contributed by atoms with Gasteiger partial charge >= 0.3 is 0 Å². The standard InChI is InChI=1S/C19H23N5S/c1-13-14(2)20-18-21-19(25)23(24(18)15(13)3)12-22-11-7-10-17(22)16-8-5-4-6-9-16/h4-6,8-9,17H,7,10-12H2,1-3H3. The molecule has 3 aromatic rings. The van der Waals surface area contributed by atoms with Crippen molar-refractivity contribution in [3.8, 4) is 0 Å². The van der Waals surface area contributed by atoms with E-state index in [1.165, 1.54) is 24.0 Å². The summed E-state index contributed by atoms with van der Waals surface area (Å²) in [6.07, 6.45) is 2.39. The fourth-order valence-corrected chi connectivity index (χ4v) is 4.01. The van der Waals surface area contributed by atoms with Crippen molar-refractivity contribution in [2.45, 2.75) is 46.3 Å². The summed E-state index contributed by atoms with van der Waals surface area (Å²) in [6, 6.07) is 11.2. The first kappa shape index (κ1) is 16.4. The first-order valence-electron chi connectivity index (χ1n) is 8.78. The smallest absolute Gasteiger partial charge is 0.252 e. The highest BCUT2D eigenvalue weighted by atomic mass is 32.1. The number of benzene rings is 1. The van der Waals surface area contributed by atoms with E-state index in [2.05, 4.69) is 68.2 Å². The van der Waals surface area contributed by atoms with Crippen LogP contribution in [0, 0.1) is 25.5 Å². The minimum Gasteiger partial charge on any atom is -0.277 e. The average Bonchev–Trinajstić information content (AvgIpc) is 3.19. The lowest BCUT2D eigenvalue weighted by molar-refractivity contribution is 0.185. The molecule has 0 amide bonds. The summed E-state index contributed by atoms with van der Waals surface area (Å²) in [7, 11) is 0. The Labute approximate surface area is 152 Å². The van der Waals surface area contributed by atoms with E-state index in [1.807, 2.05) is 6.92 Å². The maximum absolute atomic E-state index is 5.55. The molecule has 1 aromatic carbocycles. The van der Waals surface area contributed by atoms with Gasteiger partial charge in [-0.25, -0.2) is 14.2 Å². The Kier molecular flexibility index (Phi) is 4.17. The van der Waals surface area contributed by atoms with E-state index in [9.17, 15) is 0 Å². The lowest BCUT2D eigenvalue weighted by atomic mass is 10.1. The number of rotatable bonds is 3. The predicted molar refractivity (Wildman–Crippen MR) is 101 cm³/mol. The number of likely N-dealkylation sites (tertiary alicyclic amines) is 1. The summed E-state index contributed by atoms with van der Waals surface area (Å²) in [5.41, 5.74) is 4.74. The van der Waals surface area contributed by atoms with Gasteiger partial charge in [0.2, 0.25) is 4.77 Å². The van der Waals surface area contributed by atoms with Gasteiger partial charge in [0.05, 0.1) is 6.67 Å². The third-order valence-electron chi connectivity index (χ3n) is 5.38. The van der Waals surface area contributed by atoms with Crippen LogP contribution in [0.25, 0.3) is 5.78 Å². The highest BCUT2D eigenvalue weighted by molar-refractivity contribution is 7.71. The summed E-state index contributed by atoms with van der Waals surface area (Å²) in [4.78, 5) is 11.6. The van der Waals surface area contributed by atoms with Crippen LogP contribution in [-0.2, 0) is 6.67 Å². The summed E-state index contributed by atoms with van der Waals surface area (Å²) in [5.74, 6) is 0.695. The molecule has 0 radical (unpaired) electrons. The molecule has 130 valence electrons. The molecule has 0 bridgehead atoms. The normalized spacial score (nSPS) is 18.3. The van der Waals surface area contributed by atoms with Gasteiger partial charge in [-0.15, -0.1) is 0 Å². The van der Waals surface area contributed by atoms with Gasteiger partial charge in [-0.3, -0.25) is 4.90 Å². The van der Waals surface area contributed by atoms with Crippen molar-refractivity contribution in [3.63, 3.8) is 0 Å². The van der Waals surface area contributed by atoms with Crippen LogP contribution in [0.15, 0.2) is 30.3 Å². The molecule has 1 fully saturated rings. The van der Waals surface area contributed by atoms with E-state index in [0.717, 1.165) is 24.6 Å². The zero-order valence-corrected chi connectivity index (χ0v) is 15.8. The molecule has 2 aromatic heterocycles. The molecule has 6 heteroatoms. The number of hydrogen-bond acceptors (Lipinski definition) is 4. The summed E-state index contributed by atoms with van der Waals surface area (Å²) < 4.78 is 4.76. The second-order valence-corrected chi connectivity index (χ2v) is 7.20. The lowest BCUT2D eigenvalue weighted by Crippen LogP contribution is -2.28. The predicted octanol–water partition coefficient (Wildman–Crippen LogP) is 3.98. The molecule has 0 saturated carbocycles. The van der Waals surface area contributed by atoms with Gasteiger partial charge in [0, 0.05) is 24.0 Å². The molecular weight excluding hydrogens is 330 g/mol. The van der Waals surface area contributed by atoms with E-state index in [0.29, 0.717) is 16.6 Å². The van der Waals surface area contributed by atoms with Crippen LogP contribution in [0.2, 0.25) is 0 Å². The Morgan fingerprint density at radius 1 is 1.12 bits per heavy atom. The molecule has 0 N–H and O–H groups in total. The molecule has 1 atom stereocenters.